The molecule has 12 nitrogen and oxygen atoms in total. The molecule has 0 unspecified atom stereocenters. The minimum Gasteiger partial charge on any atom is -0.305 e. The van der Waals surface area contributed by atoms with Crippen LogP contribution in [0.1, 0.15) is 12.8 Å². The minimum atomic E-state index is -4.94. The van der Waals surface area contributed by atoms with Crippen molar-refractivity contribution in [2.45, 2.75) is 12.8 Å². The van der Waals surface area contributed by atoms with Crippen LogP contribution in [0, 0.1) is 20.5 Å². The summed E-state index contributed by atoms with van der Waals surface area (Å²) in [5, 5.41) is 0. The van der Waals surface area contributed by atoms with Gasteiger partial charge in [0.25, 0.3) is 0 Å². The number of thioether (sulfide) groups is 1. The molecule has 0 aromatic rings. The molecule has 1 rings (SSSR count). The van der Waals surface area contributed by atoms with Crippen molar-refractivity contribution in [2.24, 2.45) is 0 Å². The van der Waals surface area contributed by atoms with E-state index in [2.05, 4.69) is 47.0 Å². The van der Waals surface area contributed by atoms with E-state index in [0.29, 0.717) is 0 Å². The Labute approximate surface area is 210 Å². The van der Waals surface area contributed by atoms with Crippen LogP contribution in [0.4, 0.5) is 0 Å². The Morgan fingerprint density at radius 3 is 1.25 bits per heavy atom. The van der Waals surface area contributed by atoms with E-state index in [1.54, 1.807) is 0 Å². The Morgan fingerprint density at radius 2 is 0.906 bits per heavy atom. The molecule has 0 saturated carbocycles. The SMILES string of the molecule is CSCCN1CCCN(C)CCN(C)CCCN(C)CC1.[Ni+2].[O-][Cl+3]([O-])([O-])[O-].[O-][Cl+3]([O-])([O-])[O-]. The first-order chi connectivity index (χ1) is 14.1. The maximum Gasteiger partial charge on any atom is 2.00 e. The molecule has 1 heterocycles. The normalized spacial score (nSPS) is 19.5. The van der Waals surface area contributed by atoms with Crippen molar-refractivity contribution in [1.29, 1.82) is 0 Å². The zero-order chi connectivity index (χ0) is 24.5. The summed E-state index contributed by atoms with van der Waals surface area (Å²) in [4.78, 5) is 10.1. The summed E-state index contributed by atoms with van der Waals surface area (Å²) in [7, 11) is -3.10. The van der Waals surface area contributed by atoms with E-state index >= 15 is 0 Å². The van der Waals surface area contributed by atoms with Crippen LogP contribution in [0.3, 0.4) is 0 Å². The fourth-order valence-corrected chi connectivity index (χ4v) is 3.16. The predicted octanol–water partition coefficient (Wildman–Crippen LogP) is -8.27. The van der Waals surface area contributed by atoms with Gasteiger partial charge in [-0.2, -0.15) is 11.8 Å². The molecule has 0 atom stereocenters. The van der Waals surface area contributed by atoms with E-state index < -0.39 is 20.5 Å². The Bertz CT molecular complexity index is 404. The molecular formula is C16H36Cl2N4NiO8S. The quantitative estimate of drug-likeness (QED) is 0.289. The Morgan fingerprint density at radius 1 is 0.594 bits per heavy atom. The van der Waals surface area contributed by atoms with Crippen molar-refractivity contribution in [3.05, 3.63) is 0 Å². The molecule has 1 saturated heterocycles. The molecule has 1 fully saturated rings. The Balaban J connectivity index is -0.000000640. The molecule has 198 valence electrons. The van der Waals surface area contributed by atoms with Gasteiger partial charge < -0.3 is 19.6 Å². The molecule has 0 bridgehead atoms. The molecule has 32 heavy (non-hydrogen) atoms. The summed E-state index contributed by atoms with van der Waals surface area (Å²) in [6.45, 7) is 10.9. The van der Waals surface area contributed by atoms with Gasteiger partial charge >= 0.3 is 16.5 Å². The second kappa shape index (κ2) is 21.2. The summed E-state index contributed by atoms with van der Waals surface area (Å²) >= 11 is 1.96. The van der Waals surface area contributed by atoms with E-state index in [4.69, 9.17) is 37.3 Å². The third-order valence-electron chi connectivity index (χ3n) is 4.37. The van der Waals surface area contributed by atoms with Gasteiger partial charge in [0.05, 0.1) is 0 Å². The number of nitrogens with zero attached hydrogens (tertiary/aromatic N) is 4. The van der Waals surface area contributed by atoms with Gasteiger partial charge in [-0.1, -0.05) is 0 Å². The van der Waals surface area contributed by atoms with Gasteiger partial charge in [-0.25, -0.2) is 37.3 Å². The van der Waals surface area contributed by atoms with Crippen LogP contribution in [0.5, 0.6) is 0 Å². The van der Waals surface area contributed by atoms with Crippen LogP contribution in [0.15, 0.2) is 0 Å². The number of rotatable bonds is 3. The molecule has 0 amide bonds. The van der Waals surface area contributed by atoms with Gasteiger partial charge in [0.2, 0.25) is 0 Å². The van der Waals surface area contributed by atoms with Gasteiger partial charge in [-0.15, -0.1) is 20.5 Å². The zero-order valence-corrected chi connectivity index (χ0v) is 22.3. The first-order valence-corrected chi connectivity index (χ1v) is 13.5. The van der Waals surface area contributed by atoms with Crippen molar-refractivity contribution >= 4 is 11.8 Å². The summed E-state index contributed by atoms with van der Waals surface area (Å²) in [6, 6.07) is 0. The second-order valence-electron chi connectivity index (χ2n) is 7.21. The molecule has 16 heteroatoms. The third kappa shape index (κ3) is 38.2. The minimum absolute atomic E-state index is 0. The molecule has 0 radical (unpaired) electrons. The molecule has 0 spiro atoms. The van der Waals surface area contributed by atoms with Crippen LogP contribution >= 0.6 is 11.8 Å². The average molecular weight is 574 g/mol. The topological polar surface area (TPSA) is 197 Å². The van der Waals surface area contributed by atoms with Crippen LogP contribution < -0.4 is 37.3 Å². The van der Waals surface area contributed by atoms with Crippen molar-refractivity contribution < 1.29 is 74.2 Å². The second-order valence-corrected chi connectivity index (χ2v) is 9.70. The first kappa shape index (κ1) is 37.5. The van der Waals surface area contributed by atoms with E-state index in [1.165, 1.54) is 77.5 Å². The number of hydrogen-bond acceptors (Lipinski definition) is 13. The molecule has 1 aliphatic heterocycles. The summed E-state index contributed by atoms with van der Waals surface area (Å²) in [6.07, 6.45) is 4.78. The average Bonchev–Trinajstić information content (AvgIpc) is 2.58. The Kier molecular flexibility index (Phi) is 24.9. The van der Waals surface area contributed by atoms with Crippen LogP contribution in [-0.2, 0) is 16.5 Å². The molecule has 0 aliphatic carbocycles. The monoisotopic (exact) mass is 572 g/mol. The first-order valence-electron chi connectivity index (χ1n) is 9.62. The number of hydrogen-bond donors (Lipinski definition) is 0. The van der Waals surface area contributed by atoms with Gasteiger partial charge in [-0.05, 0) is 66.4 Å². The van der Waals surface area contributed by atoms with Crippen LogP contribution in [0.2, 0.25) is 0 Å². The molecule has 0 aromatic heterocycles. The number of halogens is 2. The maximum atomic E-state index is 8.49. The van der Waals surface area contributed by atoms with Gasteiger partial charge in [0.1, 0.15) is 0 Å². The fraction of sp³-hybridized carbons (Fsp3) is 1.00. The number of likely N-dealkylation sites (N-methyl/N-ethyl adjacent to an activating group) is 3. The molecule has 0 aromatic carbocycles. The van der Waals surface area contributed by atoms with Crippen molar-refractivity contribution in [2.75, 3.05) is 92.1 Å². The molecule has 1 aliphatic rings. The maximum absolute atomic E-state index is 8.49. The van der Waals surface area contributed by atoms with Gasteiger partial charge in [0, 0.05) is 38.5 Å². The third-order valence-corrected chi connectivity index (χ3v) is 4.96. The zero-order valence-electron chi connectivity index (χ0n) is 19.0. The van der Waals surface area contributed by atoms with Gasteiger partial charge in [-0.3, -0.25) is 0 Å². The summed E-state index contributed by atoms with van der Waals surface area (Å²) in [5.74, 6) is 1.25. The largest absolute Gasteiger partial charge is 2.00 e. The van der Waals surface area contributed by atoms with Crippen LogP contribution in [-0.4, -0.2) is 112 Å². The van der Waals surface area contributed by atoms with E-state index in [9.17, 15) is 0 Å². The van der Waals surface area contributed by atoms with E-state index in [-0.39, 0.29) is 16.5 Å². The summed E-state index contributed by atoms with van der Waals surface area (Å²) < 4.78 is 67.9. The molecule has 0 N–H and O–H groups in total. The van der Waals surface area contributed by atoms with E-state index in [1.807, 2.05) is 11.8 Å². The smallest absolute Gasteiger partial charge is 0.305 e. The predicted molar refractivity (Wildman–Crippen MR) is 96.5 cm³/mol. The van der Waals surface area contributed by atoms with Crippen molar-refractivity contribution in [3.8, 4) is 0 Å². The van der Waals surface area contributed by atoms with E-state index in [0.717, 1.165) is 0 Å². The van der Waals surface area contributed by atoms with Crippen molar-refractivity contribution in [1.82, 2.24) is 19.6 Å². The van der Waals surface area contributed by atoms with Crippen LogP contribution in [0.25, 0.3) is 0 Å². The van der Waals surface area contributed by atoms with Crippen molar-refractivity contribution in [3.63, 3.8) is 0 Å². The summed E-state index contributed by atoms with van der Waals surface area (Å²) in [5.41, 5.74) is 0. The fourth-order valence-electron chi connectivity index (χ4n) is 2.72. The standard InChI is InChI=1S/C16H36N4S.2ClHO4.Ni/c1-17-7-5-8-19(3)13-14-20(15-16-21-4)10-6-9-18(2)12-11-17;2*2-1(3,4)5;/h5-16H2,1-4H3;2*(H,2,3,4,5);/q;;;+2/p-2. The molecular weight excluding hydrogens is 538 g/mol. The Hall–Kier alpha value is 0.944. The van der Waals surface area contributed by atoms with Gasteiger partial charge in [0.15, 0.2) is 0 Å².